The monoisotopic (exact) mass is 287 g/mol. The summed E-state index contributed by atoms with van der Waals surface area (Å²) in [6.07, 6.45) is 0.352. The van der Waals surface area contributed by atoms with Crippen molar-refractivity contribution in [3.05, 3.63) is 24.0 Å². The molecule has 0 bridgehead atoms. The zero-order chi connectivity index (χ0) is 14.2. The summed E-state index contributed by atoms with van der Waals surface area (Å²) in [7, 11) is -3.96. The van der Waals surface area contributed by atoms with Gasteiger partial charge in [0.1, 0.15) is 10.7 Å². The molecule has 1 unspecified atom stereocenters. The van der Waals surface area contributed by atoms with Gasteiger partial charge in [0.2, 0.25) is 15.9 Å². The third-order valence-electron chi connectivity index (χ3n) is 3.13. The molecule has 1 aromatic rings. The first kappa shape index (κ1) is 13.8. The van der Waals surface area contributed by atoms with Crippen molar-refractivity contribution in [2.24, 2.45) is 11.7 Å². The van der Waals surface area contributed by atoms with Crippen molar-refractivity contribution in [1.82, 2.24) is 4.31 Å². The second-order valence-electron chi connectivity index (χ2n) is 4.44. The summed E-state index contributed by atoms with van der Waals surface area (Å²) in [6, 6.07) is 3.39. The molecule has 0 spiro atoms. The lowest BCUT2D eigenvalue weighted by Crippen LogP contribution is -2.32. The highest BCUT2D eigenvalue weighted by molar-refractivity contribution is 7.89. The van der Waals surface area contributed by atoms with E-state index in [9.17, 15) is 17.6 Å². The number of anilines is 1. The third-order valence-corrected chi connectivity index (χ3v) is 5.03. The van der Waals surface area contributed by atoms with Crippen molar-refractivity contribution in [3.8, 4) is 0 Å². The molecule has 19 heavy (non-hydrogen) atoms. The Hall–Kier alpha value is -1.67. The summed E-state index contributed by atoms with van der Waals surface area (Å²) in [4.78, 5) is 10.6. The first-order chi connectivity index (χ1) is 8.82. The molecule has 0 aliphatic carbocycles. The van der Waals surface area contributed by atoms with Gasteiger partial charge in [-0.25, -0.2) is 12.8 Å². The molecule has 1 aromatic carbocycles. The van der Waals surface area contributed by atoms with Gasteiger partial charge in [0.15, 0.2) is 0 Å². The standard InChI is InChI=1S/C11H14FN3O3S/c12-9-5-8(13)1-2-10(9)19(17,18)15-4-3-7(6-15)11(14)16/h1-2,5,7H,3-4,6,13H2,(H2,14,16). The van der Waals surface area contributed by atoms with E-state index in [0.717, 1.165) is 16.4 Å². The van der Waals surface area contributed by atoms with Crippen LogP contribution in [-0.2, 0) is 14.8 Å². The predicted octanol–water partition coefficient (Wildman–Crippen LogP) is -0.0962. The van der Waals surface area contributed by atoms with Crippen molar-refractivity contribution in [3.63, 3.8) is 0 Å². The van der Waals surface area contributed by atoms with Crippen LogP contribution < -0.4 is 11.5 Å². The Labute approximate surface area is 110 Å². The molecule has 1 atom stereocenters. The van der Waals surface area contributed by atoms with Crippen LogP contribution in [0.1, 0.15) is 6.42 Å². The van der Waals surface area contributed by atoms with Crippen molar-refractivity contribution < 1.29 is 17.6 Å². The number of hydrogen-bond donors (Lipinski definition) is 2. The quantitative estimate of drug-likeness (QED) is 0.757. The second-order valence-corrected chi connectivity index (χ2v) is 6.35. The zero-order valence-corrected chi connectivity index (χ0v) is 10.9. The smallest absolute Gasteiger partial charge is 0.246 e. The Morgan fingerprint density at radius 1 is 1.42 bits per heavy atom. The lowest BCUT2D eigenvalue weighted by Gasteiger charge is -2.16. The van der Waals surface area contributed by atoms with Gasteiger partial charge in [-0.2, -0.15) is 4.31 Å². The molecule has 0 radical (unpaired) electrons. The SMILES string of the molecule is NC(=O)C1CCN(S(=O)(=O)c2ccc(N)cc2F)C1. The number of amides is 1. The number of benzene rings is 1. The average molecular weight is 287 g/mol. The van der Waals surface area contributed by atoms with E-state index >= 15 is 0 Å². The zero-order valence-electron chi connectivity index (χ0n) is 10.0. The fourth-order valence-electron chi connectivity index (χ4n) is 2.04. The maximum atomic E-state index is 13.7. The van der Waals surface area contributed by atoms with E-state index in [1.54, 1.807) is 0 Å². The summed E-state index contributed by atoms with van der Waals surface area (Å²) in [5.74, 6) is -1.97. The topological polar surface area (TPSA) is 106 Å². The Balaban J connectivity index is 2.31. The van der Waals surface area contributed by atoms with Crippen LogP contribution in [0.5, 0.6) is 0 Å². The van der Waals surface area contributed by atoms with Gasteiger partial charge in [-0.3, -0.25) is 4.79 Å². The number of carbonyl (C=O) groups excluding carboxylic acids is 1. The summed E-state index contributed by atoms with van der Waals surface area (Å²) in [5.41, 5.74) is 10.7. The molecule has 1 fully saturated rings. The molecular formula is C11H14FN3O3S. The summed E-state index contributed by atoms with van der Waals surface area (Å²) < 4.78 is 39.2. The number of nitrogens with two attached hydrogens (primary N) is 2. The van der Waals surface area contributed by atoms with Crippen molar-refractivity contribution in [2.75, 3.05) is 18.8 Å². The van der Waals surface area contributed by atoms with Crippen LogP contribution in [-0.4, -0.2) is 31.7 Å². The average Bonchev–Trinajstić information content (AvgIpc) is 2.78. The maximum Gasteiger partial charge on any atom is 0.246 e. The molecule has 4 N–H and O–H groups in total. The molecule has 2 rings (SSSR count). The Kier molecular flexibility index (Phi) is 3.46. The highest BCUT2D eigenvalue weighted by atomic mass is 32.2. The number of sulfonamides is 1. The van der Waals surface area contributed by atoms with Crippen LogP contribution in [0.25, 0.3) is 0 Å². The lowest BCUT2D eigenvalue weighted by molar-refractivity contribution is -0.121. The van der Waals surface area contributed by atoms with Gasteiger partial charge >= 0.3 is 0 Å². The lowest BCUT2D eigenvalue weighted by atomic mass is 10.1. The fraction of sp³-hybridized carbons (Fsp3) is 0.364. The number of primary amides is 1. The van der Waals surface area contributed by atoms with E-state index in [1.807, 2.05) is 0 Å². The van der Waals surface area contributed by atoms with E-state index in [4.69, 9.17) is 11.5 Å². The van der Waals surface area contributed by atoms with E-state index in [1.165, 1.54) is 6.07 Å². The Morgan fingerprint density at radius 3 is 2.63 bits per heavy atom. The van der Waals surface area contributed by atoms with E-state index < -0.39 is 32.6 Å². The molecule has 1 aliphatic rings. The molecule has 1 heterocycles. The van der Waals surface area contributed by atoms with Gasteiger partial charge in [0, 0.05) is 18.8 Å². The van der Waals surface area contributed by atoms with Gasteiger partial charge < -0.3 is 11.5 Å². The molecule has 1 amide bonds. The number of nitrogens with zero attached hydrogens (tertiary/aromatic N) is 1. The predicted molar refractivity (Wildman–Crippen MR) is 66.9 cm³/mol. The first-order valence-corrected chi connectivity index (χ1v) is 7.11. The number of halogens is 1. The highest BCUT2D eigenvalue weighted by Crippen LogP contribution is 2.26. The molecule has 1 saturated heterocycles. The van der Waals surface area contributed by atoms with Crippen LogP contribution in [0.3, 0.4) is 0 Å². The first-order valence-electron chi connectivity index (χ1n) is 5.67. The van der Waals surface area contributed by atoms with Crippen LogP contribution >= 0.6 is 0 Å². The van der Waals surface area contributed by atoms with Crippen molar-refractivity contribution in [1.29, 1.82) is 0 Å². The van der Waals surface area contributed by atoms with E-state index in [-0.39, 0.29) is 18.8 Å². The van der Waals surface area contributed by atoms with E-state index in [2.05, 4.69) is 0 Å². The van der Waals surface area contributed by atoms with Crippen molar-refractivity contribution in [2.45, 2.75) is 11.3 Å². The summed E-state index contributed by atoms with van der Waals surface area (Å²) in [6.45, 7) is 0.140. The van der Waals surface area contributed by atoms with Gasteiger partial charge in [-0.1, -0.05) is 0 Å². The normalized spacial score (nSPS) is 20.6. The molecule has 0 saturated carbocycles. The Morgan fingerprint density at radius 2 is 2.11 bits per heavy atom. The number of rotatable bonds is 3. The molecule has 6 nitrogen and oxygen atoms in total. The molecule has 8 heteroatoms. The molecule has 0 aromatic heterocycles. The molecule has 1 aliphatic heterocycles. The van der Waals surface area contributed by atoms with Crippen LogP contribution in [0, 0.1) is 11.7 Å². The van der Waals surface area contributed by atoms with Gasteiger partial charge in [0.05, 0.1) is 5.92 Å². The van der Waals surface area contributed by atoms with Gasteiger partial charge in [0.25, 0.3) is 0 Å². The molecule has 104 valence electrons. The third kappa shape index (κ3) is 2.54. The minimum Gasteiger partial charge on any atom is -0.399 e. The van der Waals surface area contributed by atoms with Crippen LogP contribution in [0.2, 0.25) is 0 Å². The van der Waals surface area contributed by atoms with Crippen molar-refractivity contribution >= 4 is 21.6 Å². The summed E-state index contributed by atoms with van der Waals surface area (Å²) in [5, 5.41) is 0. The second kappa shape index (κ2) is 4.78. The number of hydrogen-bond acceptors (Lipinski definition) is 4. The largest absolute Gasteiger partial charge is 0.399 e. The van der Waals surface area contributed by atoms with Gasteiger partial charge in [-0.15, -0.1) is 0 Å². The van der Waals surface area contributed by atoms with Gasteiger partial charge in [-0.05, 0) is 24.6 Å². The minimum absolute atomic E-state index is 0.0124. The Bertz CT molecular complexity index is 618. The fourth-order valence-corrected chi connectivity index (χ4v) is 3.59. The highest BCUT2D eigenvalue weighted by Gasteiger charge is 2.36. The molecular weight excluding hydrogens is 273 g/mol. The van der Waals surface area contributed by atoms with E-state index in [0.29, 0.717) is 6.42 Å². The number of nitrogen functional groups attached to an aromatic ring is 1. The summed E-state index contributed by atoms with van der Waals surface area (Å²) >= 11 is 0. The minimum atomic E-state index is -3.96. The number of carbonyl (C=O) groups is 1. The maximum absolute atomic E-state index is 13.7. The van der Waals surface area contributed by atoms with Crippen LogP contribution in [0.4, 0.5) is 10.1 Å². The van der Waals surface area contributed by atoms with Crippen LogP contribution in [0.15, 0.2) is 23.1 Å².